The van der Waals surface area contributed by atoms with E-state index >= 15 is 0 Å². The predicted molar refractivity (Wildman–Crippen MR) is 92.5 cm³/mol. The highest BCUT2D eigenvalue weighted by atomic mass is 35.5. The van der Waals surface area contributed by atoms with Crippen molar-refractivity contribution in [1.29, 1.82) is 0 Å². The molecule has 2 aliphatic rings. The van der Waals surface area contributed by atoms with Crippen LogP contribution in [0.5, 0.6) is 0 Å². The topological polar surface area (TPSA) is 59.0 Å². The van der Waals surface area contributed by atoms with E-state index in [1.165, 1.54) is 12.1 Å². The Hall–Kier alpha value is -2.06. The molecule has 26 heavy (non-hydrogen) atoms. The second kappa shape index (κ2) is 6.59. The van der Waals surface area contributed by atoms with Crippen LogP contribution in [0.25, 0.3) is 5.69 Å². The van der Waals surface area contributed by atoms with Gasteiger partial charge in [0.05, 0.1) is 11.9 Å². The molecule has 2 unspecified atom stereocenters. The highest BCUT2D eigenvalue weighted by molar-refractivity contribution is 5.95. The number of hydrogen-bond donors (Lipinski definition) is 2. The number of anilines is 1. The van der Waals surface area contributed by atoms with Crippen LogP contribution in [0.1, 0.15) is 18.5 Å². The number of amides is 1. The number of alkyl halides is 3. The summed E-state index contributed by atoms with van der Waals surface area (Å²) < 4.78 is 39.6. The smallest absolute Gasteiger partial charge is 0.326 e. The third-order valence-electron chi connectivity index (χ3n) is 5.10. The Balaban J connectivity index is 0.00000196. The molecule has 2 fully saturated rings. The molecule has 5 nitrogen and oxygen atoms in total. The Morgan fingerprint density at radius 2 is 2.00 bits per heavy atom. The highest BCUT2D eigenvalue weighted by Gasteiger charge is 2.58. The largest absolute Gasteiger partial charge is 0.433 e. The van der Waals surface area contributed by atoms with Crippen LogP contribution in [-0.2, 0) is 11.0 Å². The van der Waals surface area contributed by atoms with E-state index in [1.807, 2.05) is 0 Å². The lowest BCUT2D eigenvalue weighted by molar-refractivity contribution is -0.142. The van der Waals surface area contributed by atoms with E-state index in [2.05, 4.69) is 15.7 Å². The van der Waals surface area contributed by atoms with E-state index in [0.717, 1.165) is 42.9 Å². The van der Waals surface area contributed by atoms with E-state index in [-0.39, 0.29) is 29.6 Å². The number of nitrogens with zero attached hydrogens (tertiary/aromatic N) is 2. The standard InChI is InChI=1S/C17H17F3N4O.ClH/c18-17(19,20)14-5-7-22-24(14)12-3-1-11(2-4-12)23-15(25)13-9-16(13)6-8-21-10-16;/h1-5,7,13,21H,6,8-10H2,(H,23,25);1H. The molecule has 2 aromatic rings. The van der Waals surface area contributed by atoms with Gasteiger partial charge in [0, 0.05) is 18.2 Å². The summed E-state index contributed by atoms with van der Waals surface area (Å²) >= 11 is 0. The Morgan fingerprint density at radius 3 is 2.62 bits per heavy atom. The number of carbonyl (C=O) groups is 1. The first-order valence-electron chi connectivity index (χ1n) is 8.12. The van der Waals surface area contributed by atoms with Gasteiger partial charge in [-0.1, -0.05) is 0 Å². The van der Waals surface area contributed by atoms with Gasteiger partial charge in [-0.25, -0.2) is 4.68 Å². The molecule has 2 N–H and O–H groups in total. The van der Waals surface area contributed by atoms with E-state index in [1.54, 1.807) is 12.1 Å². The van der Waals surface area contributed by atoms with Crippen molar-refractivity contribution >= 4 is 24.0 Å². The minimum Gasteiger partial charge on any atom is -0.326 e. The maximum absolute atomic E-state index is 12.9. The van der Waals surface area contributed by atoms with Crippen molar-refractivity contribution in [3.8, 4) is 5.69 Å². The molecular weight excluding hydrogens is 369 g/mol. The average Bonchev–Trinajstić information content (AvgIpc) is 2.92. The Bertz CT molecular complexity index is 797. The van der Waals surface area contributed by atoms with Gasteiger partial charge in [-0.05, 0) is 55.1 Å². The minimum absolute atomic E-state index is 0. The first kappa shape index (κ1) is 18.7. The summed E-state index contributed by atoms with van der Waals surface area (Å²) in [5.74, 6) is -0.00311. The van der Waals surface area contributed by atoms with Crippen molar-refractivity contribution in [3.63, 3.8) is 0 Å². The molecule has 1 spiro atoms. The third-order valence-corrected chi connectivity index (χ3v) is 5.10. The maximum Gasteiger partial charge on any atom is 0.433 e. The van der Waals surface area contributed by atoms with Crippen molar-refractivity contribution in [2.24, 2.45) is 11.3 Å². The van der Waals surface area contributed by atoms with Gasteiger partial charge in [-0.2, -0.15) is 18.3 Å². The molecule has 2 heterocycles. The number of halogens is 4. The van der Waals surface area contributed by atoms with Gasteiger partial charge in [-0.15, -0.1) is 12.4 Å². The lowest BCUT2D eigenvalue weighted by Crippen LogP contribution is -2.20. The molecule has 1 amide bonds. The van der Waals surface area contributed by atoms with Crippen molar-refractivity contribution in [1.82, 2.24) is 15.1 Å². The van der Waals surface area contributed by atoms with E-state index in [4.69, 9.17) is 0 Å². The summed E-state index contributed by atoms with van der Waals surface area (Å²) in [7, 11) is 0. The minimum atomic E-state index is -4.47. The van der Waals surface area contributed by atoms with Crippen LogP contribution in [0.15, 0.2) is 36.5 Å². The van der Waals surface area contributed by atoms with Crippen LogP contribution >= 0.6 is 12.4 Å². The van der Waals surface area contributed by atoms with E-state index in [0.29, 0.717) is 11.4 Å². The van der Waals surface area contributed by atoms with Crippen LogP contribution in [0.4, 0.5) is 18.9 Å². The zero-order chi connectivity index (χ0) is 17.7. The lowest BCUT2D eigenvalue weighted by Gasteiger charge is -2.12. The average molecular weight is 387 g/mol. The molecule has 1 aromatic heterocycles. The van der Waals surface area contributed by atoms with Gasteiger partial charge in [-0.3, -0.25) is 4.79 Å². The summed E-state index contributed by atoms with van der Waals surface area (Å²) in [5.41, 5.74) is 0.138. The first-order chi connectivity index (χ1) is 11.9. The molecule has 2 atom stereocenters. The van der Waals surface area contributed by atoms with Gasteiger partial charge in [0.25, 0.3) is 0 Å². The summed E-state index contributed by atoms with van der Waals surface area (Å²) in [4.78, 5) is 12.3. The molecule has 1 aliphatic carbocycles. The third kappa shape index (κ3) is 3.31. The fourth-order valence-corrected chi connectivity index (χ4v) is 3.59. The quantitative estimate of drug-likeness (QED) is 0.851. The number of hydrogen-bond acceptors (Lipinski definition) is 3. The Kier molecular flexibility index (Phi) is 4.74. The fourth-order valence-electron chi connectivity index (χ4n) is 3.59. The SMILES string of the molecule is Cl.O=C(Nc1ccc(-n2nccc2C(F)(F)F)cc1)C1CC12CCNC2. The molecule has 1 saturated carbocycles. The van der Waals surface area contributed by atoms with Gasteiger partial charge in [0.1, 0.15) is 5.69 Å². The monoisotopic (exact) mass is 386 g/mol. The number of aromatic nitrogens is 2. The number of rotatable bonds is 3. The molecule has 1 saturated heterocycles. The van der Waals surface area contributed by atoms with E-state index in [9.17, 15) is 18.0 Å². The molecule has 1 aromatic carbocycles. The second-order valence-corrected chi connectivity index (χ2v) is 6.71. The van der Waals surface area contributed by atoms with Gasteiger partial charge < -0.3 is 10.6 Å². The maximum atomic E-state index is 12.9. The van der Waals surface area contributed by atoms with Crippen molar-refractivity contribution in [2.75, 3.05) is 18.4 Å². The van der Waals surface area contributed by atoms with E-state index < -0.39 is 11.9 Å². The van der Waals surface area contributed by atoms with Crippen LogP contribution in [-0.4, -0.2) is 28.8 Å². The van der Waals surface area contributed by atoms with Crippen molar-refractivity contribution < 1.29 is 18.0 Å². The summed E-state index contributed by atoms with van der Waals surface area (Å²) in [6.45, 7) is 1.83. The molecule has 4 rings (SSSR count). The molecule has 140 valence electrons. The zero-order valence-corrected chi connectivity index (χ0v) is 14.5. The molecule has 0 bridgehead atoms. The highest BCUT2D eigenvalue weighted by Crippen LogP contribution is 2.56. The van der Waals surface area contributed by atoms with Crippen LogP contribution in [0, 0.1) is 11.3 Å². The van der Waals surface area contributed by atoms with Gasteiger partial charge in [0.2, 0.25) is 5.91 Å². The molecule has 0 radical (unpaired) electrons. The van der Waals surface area contributed by atoms with Crippen LogP contribution in [0.2, 0.25) is 0 Å². The number of benzene rings is 1. The Labute approximate surface area is 154 Å². The molecule has 9 heteroatoms. The summed E-state index contributed by atoms with van der Waals surface area (Å²) in [6, 6.07) is 7.14. The summed E-state index contributed by atoms with van der Waals surface area (Å²) in [5, 5.41) is 9.87. The normalized spacial score (nSPS) is 24.3. The first-order valence-corrected chi connectivity index (χ1v) is 8.12. The Morgan fingerprint density at radius 1 is 1.27 bits per heavy atom. The fraction of sp³-hybridized carbons (Fsp3) is 0.412. The van der Waals surface area contributed by atoms with Crippen LogP contribution in [0.3, 0.4) is 0 Å². The second-order valence-electron chi connectivity index (χ2n) is 6.71. The molecular formula is C17H18ClF3N4O. The number of nitrogens with one attached hydrogen (secondary N) is 2. The van der Waals surface area contributed by atoms with Crippen LogP contribution < -0.4 is 10.6 Å². The van der Waals surface area contributed by atoms with Crippen molar-refractivity contribution in [2.45, 2.75) is 19.0 Å². The zero-order valence-electron chi connectivity index (χ0n) is 13.7. The van der Waals surface area contributed by atoms with Crippen molar-refractivity contribution in [3.05, 3.63) is 42.2 Å². The summed E-state index contributed by atoms with van der Waals surface area (Å²) in [6.07, 6.45) is -1.45. The molecule has 1 aliphatic heterocycles. The number of carbonyl (C=O) groups excluding carboxylic acids is 1. The van der Waals surface area contributed by atoms with Gasteiger partial charge in [0.15, 0.2) is 0 Å². The van der Waals surface area contributed by atoms with Gasteiger partial charge >= 0.3 is 6.18 Å². The lowest BCUT2D eigenvalue weighted by atomic mass is 10.0. The predicted octanol–water partition coefficient (Wildman–Crippen LogP) is 3.25.